The Labute approximate surface area is 93.3 Å². The minimum Gasteiger partial charge on any atom is -0.313 e. The topological polar surface area (TPSA) is 20.3 Å². The maximum absolute atomic E-state index is 12.0. The maximum Gasteiger partial charge on any atom is 0.232 e. The fraction of sp³-hybridized carbons (Fsp3) is 0.769. The summed E-state index contributed by atoms with van der Waals surface area (Å²) in [4.78, 5) is 14.0. The van der Waals surface area contributed by atoms with Crippen LogP contribution in [0.5, 0.6) is 0 Å². The minimum absolute atomic E-state index is 0.240. The van der Waals surface area contributed by atoms with Crippen LogP contribution < -0.4 is 0 Å². The van der Waals surface area contributed by atoms with E-state index in [1.54, 1.807) is 0 Å². The Hall–Kier alpha value is -0.790. The maximum atomic E-state index is 12.0. The Bertz CT molecular complexity index is 289. The second-order valence-corrected chi connectivity index (χ2v) is 4.95. The van der Waals surface area contributed by atoms with Gasteiger partial charge in [0.15, 0.2) is 0 Å². The molecule has 0 aliphatic carbocycles. The third kappa shape index (κ3) is 1.95. The molecule has 0 aromatic rings. The lowest BCUT2D eigenvalue weighted by Crippen LogP contribution is -2.60. The van der Waals surface area contributed by atoms with Crippen molar-refractivity contribution in [2.24, 2.45) is 11.8 Å². The van der Waals surface area contributed by atoms with Gasteiger partial charge < -0.3 is 4.90 Å². The molecule has 1 aliphatic heterocycles. The smallest absolute Gasteiger partial charge is 0.232 e. The average molecular weight is 209 g/mol. The molecule has 0 unspecified atom stereocenters. The van der Waals surface area contributed by atoms with Crippen LogP contribution in [0, 0.1) is 11.8 Å². The summed E-state index contributed by atoms with van der Waals surface area (Å²) in [7, 11) is 0. The predicted octanol–water partition coefficient (Wildman–Crippen LogP) is 3.19. The molecule has 2 heteroatoms. The van der Waals surface area contributed by atoms with Gasteiger partial charge in [-0.15, -0.1) is 0 Å². The van der Waals surface area contributed by atoms with E-state index in [0.29, 0.717) is 17.9 Å². The van der Waals surface area contributed by atoms with Crippen LogP contribution in [0.1, 0.15) is 48.0 Å². The van der Waals surface area contributed by atoms with Crippen LogP contribution in [0.3, 0.4) is 0 Å². The molecule has 0 radical (unpaired) electrons. The van der Waals surface area contributed by atoms with Crippen molar-refractivity contribution in [3.63, 3.8) is 0 Å². The van der Waals surface area contributed by atoms with E-state index in [1.165, 1.54) is 5.57 Å². The second-order valence-electron chi connectivity index (χ2n) is 4.95. The number of likely N-dealkylation sites (tertiary alicyclic amines) is 1. The molecule has 1 amide bonds. The molecule has 0 saturated carbocycles. The quantitative estimate of drug-likeness (QED) is 0.654. The number of carbonyl (C=O) groups excluding carboxylic acids is 1. The second kappa shape index (κ2) is 4.38. The first kappa shape index (κ1) is 12.3. The Kier molecular flexibility index (Phi) is 3.58. The molecule has 3 atom stereocenters. The molecule has 1 fully saturated rings. The van der Waals surface area contributed by atoms with Gasteiger partial charge in [-0.2, -0.15) is 0 Å². The summed E-state index contributed by atoms with van der Waals surface area (Å²) in [5.74, 6) is 1.06. The lowest BCUT2D eigenvalue weighted by atomic mass is 9.77. The first-order chi connectivity index (χ1) is 6.91. The van der Waals surface area contributed by atoms with Gasteiger partial charge in [0.1, 0.15) is 0 Å². The highest BCUT2D eigenvalue weighted by Gasteiger charge is 2.47. The number of β-lactam (4-membered cyclic amide) rings is 1. The van der Waals surface area contributed by atoms with Gasteiger partial charge in [-0.25, -0.2) is 0 Å². The van der Waals surface area contributed by atoms with Crippen LogP contribution in [0.15, 0.2) is 11.3 Å². The van der Waals surface area contributed by atoms with Gasteiger partial charge in [-0.05, 0) is 33.6 Å². The lowest BCUT2D eigenvalue weighted by molar-refractivity contribution is -0.154. The molecule has 1 heterocycles. The molecular weight excluding hydrogens is 186 g/mol. The van der Waals surface area contributed by atoms with Crippen molar-refractivity contribution in [2.45, 2.75) is 54.0 Å². The molecule has 1 aliphatic rings. The van der Waals surface area contributed by atoms with Crippen LogP contribution in [-0.2, 0) is 4.79 Å². The van der Waals surface area contributed by atoms with Crippen LogP contribution in [0.4, 0.5) is 0 Å². The van der Waals surface area contributed by atoms with E-state index < -0.39 is 0 Å². The fourth-order valence-electron chi connectivity index (χ4n) is 2.33. The Balaban J connectivity index is 2.79. The zero-order chi connectivity index (χ0) is 11.7. The molecule has 86 valence electrons. The Morgan fingerprint density at radius 1 is 1.40 bits per heavy atom. The van der Waals surface area contributed by atoms with E-state index in [0.717, 1.165) is 12.1 Å². The zero-order valence-corrected chi connectivity index (χ0v) is 10.8. The number of carbonyl (C=O) groups is 1. The molecule has 0 aromatic heterocycles. The molecule has 15 heavy (non-hydrogen) atoms. The monoisotopic (exact) mass is 209 g/mol. The molecule has 1 saturated heterocycles. The minimum atomic E-state index is 0.240. The van der Waals surface area contributed by atoms with Crippen molar-refractivity contribution in [1.82, 2.24) is 4.90 Å². The van der Waals surface area contributed by atoms with Gasteiger partial charge in [0.2, 0.25) is 5.91 Å². The van der Waals surface area contributed by atoms with E-state index in [1.807, 2.05) is 11.8 Å². The summed E-state index contributed by atoms with van der Waals surface area (Å²) >= 11 is 0. The number of hydrogen-bond donors (Lipinski definition) is 0. The third-order valence-corrected chi connectivity index (χ3v) is 3.79. The molecular formula is C13H23NO. The van der Waals surface area contributed by atoms with Crippen molar-refractivity contribution in [3.8, 4) is 0 Å². The fourth-order valence-corrected chi connectivity index (χ4v) is 2.33. The lowest BCUT2D eigenvalue weighted by Gasteiger charge is -2.48. The highest BCUT2D eigenvalue weighted by molar-refractivity contribution is 5.88. The normalized spacial score (nSPS) is 27.3. The van der Waals surface area contributed by atoms with E-state index in [2.05, 4.69) is 34.6 Å². The standard InChI is InChI=1S/C13H23NO/c1-7-9(4)12-11(6)14(13(12)15)10(5)8(2)3/h9,11-12H,7H2,1-6H3/t9-,11-,12-/m0/s1. The van der Waals surface area contributed by atoms with Crippen LogP contribution in [-0.4, -0.2) is 16.8 Å². The molecule has 0 aromatic carbocycles. The van der Waals surface area contributed by atoms with Crippen molar-refractivity contribution < 1.29 is 4.79 Å². The molecule has 2 nitrogen and oxygen atoms in total. The largest absolute Gasteiger partial charge is 0.313 e. The Morgan fingerprint density at radius 3 is 2.27 bits per heavy atom. The van der Waals surface area contributed by atoms with Gasteiger partial charge in [-0.3, -0.25) is 4.79 Å². The first-order valence-electron chi connectivity index (χ1n) is 5.88. The van der Waals surface area contributed by atoms with Crippen molar-refractivity contribution in [2.75, 3.05) is 0 Å². The Morgan fingerprint density at radius 2 is 1.93 bits per heavy atom. The molecule has 0 bridgehead atoms. The number of amides is 1. The molecule has 0 spiro atoms. The van der Waals surface area contributed by atoms with Crippen LogP contribution >= 0.6 is 0 Å². The summed E-state index contributed by atoms with van der Waals surface area (Å²) in [6, 6.07) is 0.377. The van der Waals surface area contributed by atoms with Gasteiger partial charge in [0.25, 0.3) is 0 Å². The average Bonchev–Trinajstić information content (AvgIpc) is 2.17. The van der Waals surface area contributed by atoms with E-state index >= 15 is 0 Å². The van der Waals surface area contributed by atoms with Gasteiger partial charge in [0, 0.05) is 11.7 Å². The number of nitrogens with zero attached hydrogens (tertiary/aromatic N) is 1. The summed E-state index contributed by atoms with van der Waals surface area (Å²) < 4.78 is 0. The van der Waals surface area contributed by atoms with Crippen LogP contribution in [0.2, 0.25) is 0 Å². The first-order valence-corrected chi connectivity index (χ1v) is 5.88. The summed E-state index contributed by atoms with van der Waals surface area (Å²) in [6.45, 7) is 12.6. The van der Waals surface area contributed by atoms with Crippen molar-refractivity contribution >= 4 is 5.91 Å². The molecule has 0 N–H and O–H groups in total. The summed E-state index contributed by atoms with van der Waals surface area (Å²) in [5, 5.41) is 0. The van der Waals surface area contributed by atoms with Crippen molar-refractivity contribution in [3.05, 3.63) is 11.3 Å². The SMILES string of the molecule is CC[C@H](C)[C@@H]1C(=O)N(C(C)=C(C)C)[C@H]1C. The highest BCUT2D eigenvalue weighted by Crippen LogP contribution is 2.37. The van der Waals surface area contributed by atoms with Gasteiger partial charge in [0.05, 0.1) is 5.92 Å². The van der Waals surface area contributed by atoms with Crippen LogP contribution in [0.25, 0.3) is 0 Å². The van der Waals surface area contributed by atoms with Crippen molar-refractivity contribution in [1.29, 1.82) is 0 Å². The van der Waals surface area contributed by atoms with E-state index in [9.17, 15) is 4.79 Å². The third-order valence-electron chi connectivity index (χ3n) is 3.79. The van der Waals surface area contributed by atoms with E-state index in [-0.39, 0.29) is 5.92 Å². The molecule has 1 rings (SSSR count). The van der Waals surface area contributed by atoms with Gasteiger partial charge >= 0.3 is 0 Å². The predicted molar refractivity (Wildman–Crippen MR) is 63.3 cm³/mol. The number of rotatable bonds is 3. The van der Waals surface area contributed by atoms with Gasteiger partial charge in [-0.1, -0.05) is 25.8 Å². The summed E-state index contributed by atoms with van der Waals surface area (Å²) in [6.07, 6.45) is 1.09. The number of hydrogen-bond acceptors (Lipinski definition) is 1. The highest BCUT2D eigenvalue weighted by atomic mass is 16.2. The number of allylic oxidation sites excluding steroid dienone is 2. The zero-order valence-electron chi connectivity index (χ0n) is 10.8. The van der Waals surface area contributed by atoms with E-state index in [4.69, 9.17) is 0 Å². The summed E-state index contributed by atoms with van der Waals surface area (Å²) in [5.41, 5.74) is 2.37.